The van der Waals surface area contributed by atoms with Crippen LogP contribution in [0.1, 0.15) is 34.1 Å². The lowest BCUT2D eigenvalue weighted by atomic mass is 9.97. The molecule has 0 saturated heterocycles. The smallest absolute Gasteiger partial charge is 0.123 e. The fraction of sp³-hybridized carbons (Fsp3) is 0.625. The summed E-state index contributed by atoms with van der Waals surface area (Å²) in [4.78, 5) is 2.19. The van der Waals surface area contributed by atoms with Crippen molar-refractivity contribution in [2.75, 3.05) is 24.6 Å². The topological polar surface area (TPSA) is 35.5 Å². The molecule has 0 fully saturated rings. The average molecular weight is 282 g/mol. The fourth-order valence-electron chi connectivity index (χ4n) is 2.40. The minimum Gasteiger partial charge on any atom is -0.394 e. The molecule has 0 bridgehead atoms. The zero-order valence-corrected chi connectivity index (χ0v) is 13.0. The molecule has 0 aromatic heterocycles. The molecule has 2 N–H and O–H groups in total. The summed E-state index contributed by atoms with van der Waals surface area (Å²) in [5, 5.41) is 13.0. The summed E-state index contributed by atoms with van der Waals surface area (Å²) in [5.74, 6) is -0.216. The van der Waals surface area contributed by atoms with Gasteiger partial charge in [-0.15, -0.1) is 0 Å². The fourth-order valence-corrected chi connectivity index (χ4v) is 2.40. The third kappa shape index (κ3) is 5.10. The zero-order chi connectivity index (χ0) is 15.2. The molecule has 0 radical (unpaired) electrons. The highest BCUT2D eigenvalue weighted by Gasteiger charge is 2.24. The van der Waals surface area contributed by atoms with Crippen LogP contribution >= 0.6 is 0 Å². The Bertz CT molecular complexity index is 394. The molecule has 0 saturated carbocycles. The molecule has 1 aromatic carbocycles. The van der Waals surface area contributed by atoms with Crippen molar-refractivity contribution in [3.05, 3.63) is 30.1 Å². The second kappa shape index (κ2) is 7.60. The zero-order valence-electron chi connectivity index (χ0n) is 13.0. The van der Waals surface area contributed by atoms with E-state index in [1.165, 1.54) is 12.1 Å². The van der Waals surface area contributed by atoms with Crippen LogP contribution in [0.25, 0.3) is 0 Å². The highest BCUT2D eigenvalue weighted by Crippen LogP contribution is 2.18. The largest absolute Gasteiger partial charge is 0.394 e. The predicted molar refractivity (Wildman–Crippen MR) is 82.7 cm³/mol. The molecule has 1 rings (SSSR count). The maximum atomic E-state index is 13.0. The minimum atomic E-state index is -0.290. The van der Waals surface area contributed by atoms with Crippen LogP contribution in [0.2, 0.25) is 0 Å². The Labute approximate surface area is 121 Å². The average Bonchev–Trinajstić information content (AvgIpc) is 2.40. The summed E-state index contributed by atoms with van der Waals surface area (Å²) in [7, 11) is 0. The van der Waals surface area contributed by atoms with E-state index in [0.29, 0.717) is 6.04 Å². The molecule has 20 heavy (non-hydrogen) atoms. The molecule has 1 atom stereocenters. The van der Waals surface area contributed by atoms with Crippen molar-refractivity contribution in [1.29, 1.82) is 0 Å². The van der Waals surface area contributed by atoms with Crippen LogP contribution in [0, 0.1) is 5.82 Å². The van der Waals surface area contributed by atoms with Crippen LogP contribution in [-0.2, 0) is 0 Å². The van der Waals surface area contributed by atoms with Gasteiger partial charge in [-0.25, -0.2) is 4.39 Å². The van der Waals surface area contributed by atoms with Crippen molar-refractivity contribution in [2.24, 2.45) is 0 Å². The van der Waals surface area contributed by atoms with E-state index in [2.05, 4.69) is 31.0 Å². The second-order valence-electron chi connectivity index (χ2n) is 5.82. The number of anilines is 1. The van der Waals surface area contributed by atoms with E-state index in [1.807, 2.05) is 6.92 Å². The molecular formula is C16H27FN2O. The first-order valence-electron chi connectivity index (χ1n) is 7.29. The van der Waals surface area contributed by atoms with Crippen molar-refractivity contribution in [3.8, 4) is 0 Å². The van der Waals surface area contributed by atoms with Gasteiger partial charge in [0.05, 0.1) is 6.61 Å². The van der Waals surface area contributed by atoms with Gasteiger partial charge in [0.2, 0.25) is 0 Å². The Morgan fingerprint density at radius 1 is 1.30 bits per heavy atom. The van der Waals surface area contributed by atoms with Crippen LogP contribution in [0.5, 0.6) is 0 Å². The number of nitrogens with one attached hydrogen (secondary N) is 1. The minimum absolute atomic E-state index is 0.103. The molecule has 0 amide bonds. The van der Waals surface area contributed by atoms with E-state index in [-0.39, 0.29) is 18.0 Å². The van der Waals surface area contributed by atoms with Gasteiger partial charge in [0.25, 0.3) is 0 Å². The van der Waals surface area contributed by atoms with Crippen LogP contribution in [-0.4, -0.2) is 36.4 Å². The van der Waals surface area contributed by atoms with Crippen molar-refractivity contribution in [3.63, 3.8) is 0 Å². The van der Waals surface area contributed by atoms with Crippen LogP contribution in [0.15, 0.2) is 24.3 Å². The lowest BCUT2D eigenvalue weighted by molar-refractivity contribution is 0.158. The third-order valence-corrected chi connectivity index (χ3v) is 3.49. The van der Waals surface area contributed by atoms with Crippen molar-refractivity contribution in [2.45, 2.75) is 45.7 Å². The Morgan fingerprint density at radius 3 is 2.35 bits per heavy atom. The van der Waals surface area contributed by atoms with E-state index in [4.69, 9.17) is 0 Å². The highest BCUT2D eigenvalue weighted by atomic mass is 19.1. The summed E-state index contributed by atoms with van der Waals surface area (Å²) in [5.41, 5.74) is 0.723. The van der Waals surface area contributed by atoms with Crippen LogP contribution in [0.4, 0.5) is 10.1 Å². The first-order valence-corrected chi connectivity index (χ1v) is 7.29. The summed E-state index contributed by atoms with van der Waals surface area (Å²) in [6.07, 6.45) is 0.826. The molecule has 3 nitrogen and oxygen atoms in total. The maximum absolute atomic E-state index is 13.0. The third-order valence-electron chi connectivity index (χ3n) is 3.49. The van der Waals surface area contributed by atoms with Gasteiger partial charge < -0.3 is 15.3 Å². The van der Waals surface area contributed by atoms with Gasteiger partial charge in [0, 0.05) is 30.4 Å². The van der Waals surface area contributed by atoms with Crippen LogP contribution in [0.3, 0.4) is 0 Å². The summed E-state index contributed by atoms with van der Waals surface area (Å²) < 4.78 is 13.0. The Balaban J connectivity index is 2.66. The molecule has 1 aromatic rings. The molecule has 1 unspecified atom stereocenters. The molecule has 0 spiro atoms. The Hall–Kier alpha value is -1.13. The first-order chi connectivity index (χ1) is 9.40. The van der Waals surface area contributed by atoms with E-state index >= 15 is 0 Å². The summed E-state index contributed by atoms with van der Waals surface area (Å²) >= 11 is 0. The van der Waals surface area contributed by atoms with Gasteiger partial charge in [-0.2, -0.15) is 0 Å². The van der Waals surface area contributed by atoms with Gasteiger partial charge in [-0.3, -0.25) is 0 Å². The molecule has 114 valence electrons. The Kier molecular flexibility index (Phi) is 6.43. The standard InChI is InChI=1S/C16H27FN2O/c1-5-19(15-8-6-14(17)7-9-15)11-10-16(4,12-20)18-13(2)3/h6-9,13,18,20H,5,10-12H2,1-4H3. The molecule has 0 aliphatic heterocycles. The first kappa shape index (κ1) is 16.9. The number of rotatable bonds is 8. The molecule has 0 aliphatic carbocycles. The number of aliphatic hydroxyl groups excluding tert-OH is 1. The van der Waals surface area contributed by atoms with Crippen molar-refractivity contribution >= 4 is 5.69 Å². The number of hydrogen-bond donors (Lipinski definition) is 2. The summed E-state index contributed by atoms with van der Waals surface area (Å²) in [6.45, 7) is 10.0. The number of hydrogen-bond acceptors (Lipinski definition) is 3. The van der Waals surface area contributed by atoms with Crippen LogP contribution < -0.4 is 10.2 Å². The predicted octanol–water partition coefficient (Wildman–Crippen LogP) is 2.79. The number of halogens is 1. The maximum Gasteiger partial charge on any atom is 0.123 e. The normalized spacial score (nSPS) is 14.3. The van der Waals surface area contributed by atoms with Gasteiger partial charge in [-0.05, 0) is 44.5 Å². The van der Waals surface area contributed by atoms with Gasteiger partial charge >= 0.3 is 0 Å². The number of aliphatic hydroxyl groups is 1. The quantitative estimate of drug-likeness (QED) is 0.769. The SMILES string of the molecule is CCN(CCC(C)(CO)NC(C)C)c1ccc(F)cc1. The molecule has 0 aliphatic rings. The van der Waals surface area contributed by atoms with Gasteiger partial charge in [0.15, 0.2) is 0 Å². The van der Waals surface area contributed by atoms with E-state index in [9.17, 15) is 9.50 Å². The van der Waals surface area contributed by atoms with E-state index < -0.39 is 0 Å². The Morgan fingerprint density at radius 2 is 1.90 bits per heavy atom. The molecule has 4 heteroatoms. The van der Waals surface area contributed by atoms with E-state index in [1.54, 1.807) is 12.1 Å². The lowest BCUT2D eigenvalue weighted by Crippen LogP contribution is -2.51. The molecule has 0 heterocycles. The van der Waals surface area contributed by atoms with Gasteiger partial charge in [-0.1, -0.05) is 13.8 Å². The second-order valence-corrected chi connectivity index (χ2v) is 5.82. The lowest BCUT2D eigenvalue weighted by Gasteiger charge is -2.34. The highest BCUT2D eigenvalue weighted by molar-refractivity contribution is 5.46. The summed E-state index contributed by atoms with van der Waals surface area (Å²) in [6, 6.07) is 6.88. The number of benzene rings is 1. The number of nitrogens with zero attached hydrogens (tertiary/aromatic N) is 1. The van der Waals surface area contributed by atoms with Gasteiger partial charge in [0.1, 0.15) is 5.82 Å². The van der Waals surface area contributed by atoms with Crippen molar-refractivity contribution < 1.29 is 9.50 Å². The van der Waals surface area contributed by atoms with E-state index in [0.717, 1.165) is 25.2 Å². The van der Waals surface area contributed by atoms with Crippen molar-refractivity contribution in [1.82, 2.24) is 5.32 Å². The monoisotopic (exact) mass is 282 g/mol. The molecular weight excluding hydrogens is 255 g/mol.